The fourth-order valence-electron chi connectivity index (χ4n) is 3.14. The second-order valence-corrected chi connectivity index (χ2v) is 6.68. The lowest BCUT2D eigenvalue weighted by atomic mass is 10.0. The van der Waals surface area contributed by atoms with Crippen molar-refractivity contribution >= 4 is 28.8 Å². The van der Waals surface area contributed by atoms with Crippen molar-refractivity contribution in [3.63, 3.8) is 0 Å². The lowest BCUT2D eigenvalue weighted by Crippen LogP contribution is -2.34. The summed E-state index contributed by atoms with van der Waals surface area (Å²) in [7, 11) is 3.00. The van der Waals surface area contributed by atoms with Gasteiger partial charge < -0.3 is 19.5 Å². The summed E-state index contributed by atoms with van der Waals surface area (Å²) in [6.45, 7) is 2.17. The van der Waals surface area contributed by atoms with Crippen LogP contribution in [0.15, 0.2) is 59.7 Å². The Balaban J connectivity index is 1.63. The quantitative estimate of drug-likeness (QED) is 0.398. The molecule has 2 amide bonds. The molecule has 0 unspecified atom stereocenters. The number of hydrogen-bond acceptors (Lipinski definition) is 6. The van der Waals surface area contributed by atoms with Crippen LogP contribution < -0.4 is 25.0 Å². The standard InChI is InChI=1S/C24H25N3O5/c1-4-32-20-11-9-16-7-5-6-8-18(16)19(20)14-26-27-23(28)15-25-24(29)17-10-12-21(30-2)22(13-17)31-3/h5-14H,4,15H2,1-3H3,(H,25,29)(H,27,28)/b26-14-. The molecule has 0 aliphatic carbocycles. The van der Waals surface area contributed by atoms with E-state index in [9.17, 15) is 9.59 Å². The van der Waals surface area contributed by atoms with Crippen molar-refractivity contribution < 1.29 is 23.8 Å². The molecule has 32 heavy (non-hydrogen) atoms. The van der Waals surface area contributed by atoms with Crippen LogP contribution in [0, 0.1) is 0 Å². The molecule has 0 saturated heterocycles. The summed E-state index contributed by atoms with van der Waals surface area (Å²) in [4.78, 5) is 24.5. The molecule has 3 aromatic carbocycles. The van der Waals surface area contributed by atoms with Gasteiger partial charge in [-0.1, -0.05) is 30.3 Å². The monoisotopic (exact) mass is 435 g/mol. The van der Waals surface area contributed by atoms with Crippen molar-refractivity contribution in [1.82, 2.24) is 10.7 Å². The molecule has 2 N–H and O–H groups in total. The molecule has 0 aromatic heterocycles. The zero-order chi connectivity index (χ0) is 22.9. The highest BCUT2D eigenvalue weighted by atomic mass is 16.5. The Hall–Kier alpha value is -4.07. The van der Waals surface area contributed by atoms with Gasteiger partial charge in [-0.3, -0.25) is 9.59 Å². The smallest absolute Gasteiger partial charge is 0.259 e. The van der Waals surface area contributed by atoms with E-state index >= 15 is 0 Å². The summed E-state index contributed by atoms with van der Waals surface area (Å²) in [6.07, 6.45) is 1.54. The number of nitrogens with zero attached hydrogens (tertiary/aromatic N) is 1. The molecule has 0 aliphatic heterocycles. The molecule has 8 heteroatoms. The number of rotatable bonds is 9. The van der Waals surface area contributed by atoms with E-state index < -0.39 is 11.8 Å². The minimum absolute atomic E-state index is 0.238. The number of hydrogen-bond donors (Lipinski definition) is 2. The second kappa shape index (κ2) is 10.8. The minimum Gasteiger partial charge on any atom is -0.493 e. The summed E-state index contributed by atoms with van der Waals surface area (Å²) in [5.41, 5.74) is 3.54. The molecular formula is C24H25N3O5. The zero-order valence-corrected chi connectivity index (χ0v) is 18.2. The third-order valence-electron chi connectivity index (χ3n) is 4.67. The largest absolute Gasteiger partial charge is 0.493 e. The van der Waals surface area contributed by atoms with Gasteiger partial charge in [-0.05, 0) is 42.0 Å². The van der Waals surface area contributed by atoms with Crippen molar-refractivity contribution in [2.45, 2.75) is 6.92 Å². The SMILES string of the molecule is CCOc1ccc2ccccc2c1/C=N\NC(=O)CNC(=O)c1ccc(OC)c(OC)c1. The van der Waals surface area contributed by atoms with Crippen LogP contribution in [0.4, 0.5) is 0 Å². The number of carbonyl (C=O) groups is 2. The van der Waals surface area contributed by atoms with Gasteiger partial charge in [-0.15, -0.1) is 0 Å². The number of methoxy groups -OCH3 is 2. The van der Waals surface area contributed by atoms with Crippen molar-refractivity contribution in [2.75, 3.05) is 27.4 Å². The molecular weight excluding hydrogens is 410 g/mol. The molecule has 3 rings (SSSR count). The van der Waals surface area contributed by atoms with Gasteiger partial charge in [0.25, 0.3) is 11.8 Å². The maximum atomic E-state index is 12.3. The number of hydrazone groups is 1. The van der Waals surface area contributed by atoms with Crippen molar-refractivity contribution in [3.05, 3.63) is 65.7 Å². The third-order valence-corrected chi connectivity index (χ3v) is 4.67. The van der Waals surface area contributed by atoms with Gasteiger partial charge in [0, 0.05) is 11.1 Å². The Kier molecular flexibility index (Phi) is 7.64. The summed E-state index contributed by atoms with van der Waals surface area (Å²) >= 11 is 0. The maximum Gasteiger partial charge on any atom is 0.259 e. The first kappa shape index (κ1) is 22.6. The van der Waals surface area contributed by atoms with Gasteiger partial charge in [0.05, 0.1) is 33.6 Å². The second-order valence-electron chi connectivity index (χ2n) is 6.68. The summed E-state index contributed by atoms with van der Waals surface area (Å²) in [5.74, 6) is 0.724. The Bertz CT molecular complexity index is 1140. The van der Waals surface area contributed by atoms with E-state index in [4.69, 9.17) is 14.2 Å². The molecule has 0 atom stereocenters. The van der Waals surface area contributed by atoms with E-state index in [2.05, 4.69) is 15.8 Å². The lowest BCUT2D eigenvalue weighted by molar-refractivity contribution is -0.120. The summed E-state index contributed by atoms with van der Waals surface area (Å²) in [6, 6.07) is 16.4. The highest BCUT2D eigenvalue weighted by Crippen LogP contribution is 2.28. The van der Waals surface area contributed by atoms with Crippen LogP contribution >= 0.6 is 0 Å². The molecule has 0 heterocycles. The molecule has 0 radical (unpaired) electrons. The van der Waals surface area contributed by atoms with Gasteiger partial charge in [0.2, 0.25) is 0 Å². The minimum atomic E-state index is -0.465. The third kappa shape index (κ3) is 5.34. The van der Waals surface area contributed by atoms with Crippen LogP contribution in [0.25, 0.3) is 10.8 Å². The van der Waals surface area contributed by atoms with Gasteiger partial charge in [0.15, 0.2) is 11.5 Å². The predicted octanol–water partition coefficient (Wildman–Crippen LogP) is 3.14. The van der Waals surface area contributed by atoms with E-state index in [1.807, 2.05) is 43.3 Å². The van der Waals surface area contributed by atoms with E-state index in [-0.39, 0.29) is 6.54 Å². The van der Waals surface area contributed by atoms with Crippen LogP contribution in [0.2, 0.25) is 0 Å². The van der Waals surface area contributed by atoms with Crippen LogP contribution in [-0.2, 0) is 4.79 Å². The first-order chi connectivity index (χ1) is 15.6. The Labute approximate surface area is 186 Å². The van der Waals surface area contributed by atoms with Crippen molar-refractivity contribution in [3.8, 4) is 17.2 Å². The van der Waals surface area contributed by atoms with Crippen LogP contribution in [0.3, 0.4) is 0 Å². The number of benzene rings is 3. The molecule has 0 bridgehead atoms. The van der Waals surface area contributed by atoms with E-state index in [0.29, 0.717) is 29.4 Å². The fourth-order valence-corrected chi connectivity index (χ4v) is 3.14. The van der Waals surface area contributed by atoms with Crippen molar-refractivity contribution in [2.24, 2.45) is 5.10 Å². The molecule has 0 saturated carbocycles. The number of carbonyl (C=O) groups excluding carboxylic acids is 2. The van der Waals surface area contributed by atoms with Gasteiger partial charge in [-0.2, -0.15) is 5.10 Å². The summed E-state index contributed by atoms with van der Waals surface area (Å²) < 4.78 is 16.0. The van der Waals surface area contributed by atoms with Crippen LogP contribution in [0.5, 0.6) is 17.2 Å². The number of nitrogens with one attached hydrogen (secondary N) is 2. The van der Waals surface area contributed by atoms with E-state index in [1.54, 1.807) is 24.4 Å². The fraction of sp³-hybridized carbons (Fsp3) is 0.208. The summed E-state index contributed by atoms with van der Waals surface area (Å²) in [5, 5.41) is 8.58. The molecule has 0 spiro atoms. The average molecular weight is 435 g/mol. The highest BCUT2D eigenvalue weighted by molar-refractivity contribution is 6.03. The first-order valence-corrected chi connectivity index (χ1v) is 10.0. The predicted molar refractivity (Wildman–Crippen MR) is 123 cm³/mol. The van der Waals surface area contributed by atoms with Crippen LogP contribution in [-0.4, -0.2) is 45.4 Å². The number of fused-ring (bicyclic) bond motifs is 1. The number of ether oxygens (including phenoxy) is 3. The Morgan fingerprint density at radius 2 is 1.72 bits per heavy atom. The Morgan fingerprint density at radius 1 is 0.969 bits per heavy atom. The average Bonchev–Trinajstić information content (AvgIpc) is 2.83. The van der Waals surface area contributed by atoms with Gasteiger partial charge >= 0.3 is 0 Å². The van der Waals surface area contributed by atoms with Gasteiger partial charge in [-0.25, -0.2) is 5.43 Å². The number of amides is 2. The normalized spacial score (nSPS) is 10.7. The lowest BCUT2D eigenvalue weighted by Gasteiger charge is -2.10. The molecule has 8 nitrogen and oxygen atoms in total. The Morgan fingerprint density at radius 3 is 2.47 bits per heavy atom. The van der Waals surface area contributed by atoms with E-state index in [1.165, 1.54) is 14.2 Å². The van der Waals surface area contributed by atoms with E-state index in [0.717, 1.165) is 16.3 Å². The van der Waals surface area contributed by atoms with Crippen molar-refractivity contribution in [1.29, 1.82) is 0 Å². The topological polar surface area (TPSA) is 98.2 Å². The first-order valence-electron chi connectivity index (χ1n) is 10.0. The molecule has 0 aliphatic rings. The highest BCUT2D eigenvalue weighted by Gasteiger charge is 2.12. The zero-order valence-electron chi connectivity index (χ0n) is 18.2. The maximum absolute atomic E-state index is 12.3. The van der Waals surface area contributed by atoms with Crippen LogP contribution in [0.1, 0.15) is 22.8 Å². The van der Waals surface area contributed by atoms with Gasteiger partial charge in [0.1, 0.15) is 5.75 Å². The molecule has 0 fully saturated rings. The molecule has 166 valence electrons. The molecule has 3 aromatic rings.